The number of carbonyl (C=O) groups excluding carboxylic acids is 2. The summed E-state index contributed by atoms with van der Waals surface area (Å²) in [4.78, 5) is 23.1. The lowest BCUT2D eigenvalue weighted by atomic mass is 10.3. The third kappa shape index (κ3) is 5.34. The molecule has 3 amide bonds. The Morgan fingerprint density at radius 1 is 1.22 bits per heavy atom. The van der Waals surface area contributed by atoms with Crippen LogP contribution in [-0.2, 0) is 4.79 Å². The van der Waals surface area contributed by atoms with E-state index in [1.165, 1.54) is 0 Å². The Labute approximate surface area is 133 Å². The number of rotatable bonds is 6. The van der Waals surface area contributed by atoms with Gasteiger partial charge >= 0.3 is 6.03 Å². The summed E-state index contributed by atoms with van der Waals surface area (Å²) in [7, 11) is 0. The maximum absolute atomic E-state index is 11.8. The molecule has 0 saturated carbocycles. The molecule has 0 atom stereocenters. The highest BCUT2D eigenvalue weighted by atomic mass is 16.5. The zero-order chi connectivity index (χ0) is 16.7. The molecule has 23 heavy (non-hydrogen) atoms. The largest absolute Gasteiger partial charge is 0.484 e. The number of hydrogen-bond donors (Lipinski definition) is 3. The molecule has 1 heterocycles. The fraction of sp³-hybridized carbons (Fsp3) is 0.267. The predicted octanol–water partition coefficient (Wildman–Crippen LogP) is 2.14. The minimum atomic E-state index is -0.436. The lowest BCUT2D eigenvalue weighted by molar-refractivity contribution is -0.122. The Bertz CT molecular complexity index is 666. The normalized spacial score (nSPS) is 10.0. The van der Waals surface area contributed by atoms with E-state index in [4.69, 9.17) is 9.26 Å². The van der Waals surface area contributed by atoms with Gasteiger partial charge in [0.25, 0.3) is 5.91 Å². The van der Waals surface area contributed by atoms with Crippen molar-refractivity contribution in [2.24, 2.45) is 0 Å². The van der Waals surface area contributed by atoms with Crippen LogP contribution in [0.4, 0.5) is 16.3 Å². The summed E-state index contributed by atoms with van der Waals surface area (Å²) in [5.41, 5.74) is 0.577. The van der Waals surface area contributed by atoms with Gasteiger partial charge in [-0.2, -0.15) is 0 Å². The number of hydrogen-bond acceptors (Lipinski definition) is 5. The van der Waals surface area contributed by atoms with E-state index >= 15 is 0 Å². The van der Waals surface area contributed by atoms with Crippen LogP contribution in [0.25, 0.3) is 0 Å². The summed E-state index contributed by atoms with van der Waals surface area (Å²) in [5.74, 6) is 1.29. The van der Waals surface area contributed by atoms with Crippen LogP contribution in [0.15, 0.2) is 34.9 Å². The maximum Gasteiger partial charge on any atom is 0.324 e. The molecule has 1 aromatic heterocycles. The summed E-state index contributed by atoms with van der Waals surface area (Å²) < 4.78 is 10.2. The SMILES string of the molecule is CCNC(=O)COc1ccc(NC(=O)Nc2cc(C)on2)cc1. The van der Waals surface area contributed by atoms with Crippen LogP contribution in [0.1, 0.15) is 12.7 Å². The first-order valence-corrected chi connectivity index (χ1v) is 7.07. The van der Waals surface area contributed by atoms with E-state index in [0.717, 1.165) is 0 Å². The summed E-state index contributed by atoms with van der Waals surface area (Å²) in [6.45, 7) is 4.08. The fourth-order valence-electron chi connectivity index (χ4n) is 1.74. The number of urea groups is 1. The van der Waals surface area contributed by atoms with Gasteiger partial charge in [0.15, 0.2) is 12.4 Å². The number of benzene rings is 1. The van der Waals surface area contributed by atoms with Crippen molar-refractivity contribution in [1.29, 1.82) is 0 Å². The third-order valence-electron chi connectivity index (χ3n) is 2.73. The molecule has 0 aliphatic rings. The predicted molar refractivity (Wildman–Crippen MR) is 84.5 cm³/mol. The van der Waals surface area contributed by atoms with Gasteiger partial charge in [0.05, 0.1) is 0 Å². The van der Waals surface area contributed by atoms with E-state index in [2.05, 4.69) is 21.1 Å². The molecule has 0 spiro atoms. The molecule has 122 valence electrons. The number of aryl methyl sites for hydroxylation is 1. The highest BCUT2D eigenvalue weighted by Gasteiger charge is 2.06. The van der Waals surface area contributed by atoms with E-state index < -0.39 is 6.03 Å². The molecular weight excluding hydrogens is 300 g/mol. The topological polar surface area (TPSA) is 105 Å². The minimum absolute atomic E-state index is 0.0490. The number of likely N-dealkylation sites (N-methyl/N-ethyl adjacent to an activating group) is 1. The van der Waals surface area contributed by atoms with Crippen LogP contribution in [0.2, 0.25) is 0 Å². The van der Waals surface area contributed by atoms with Crippen molar-refractivity contribution >= 4 is 23.4 Å². The fourth-order valence-corrected chi connectivity index (χ4v) is 1.74. The average molecular weight is 318 g/mol. The monoisotopic (exact) mass is 318 g/mol. The summed E-state index contributed by atoms with van der Waals surface area (Å²) in [6.07, 6.45) is 0. The van der Waals surface area contributed by atoms with Crippen LogP contribution in [0.3, 0.4) is 0 Å². The van der Waals surface area contributed by atoms with Crippen LogP contribution < -0.4 is 20.7 Å². The van der Waals surface area contributed by atoms with Crippen LogP contribution in [-0.4, -0.2) is 30.2 Å². The number of ether oxygens (including phenoxy) is 1. The first kappa shape index (κ1) is 16.3. The lowest BCUT2D eigenvalue weighted by Crippen LogP contribution is -2.28. The number of amides is 3. The van der Waals surface area contributed by atoms with Gasteiger partial charge in [-0.3, -0.25) is 10.1 Å². The van der Waals surface area contributed by atoms with Gasteiger partial charge in [-0.1, -0.05) is 5.16 Å². The average Bonchev–Trinajstić information content (AvgIpc) is 2.92. The second-order valence-electron chi connectivity index (χ2n) is 4.67. The number of anilines is 2. The zero-order valence-corrected chi connectivity index (χ0v) is 12.9. The van der Waals surface area contributed by atoms with Crippen LogP contribution in [0, 0.1) is 6.92 Å². The maximum atomic E-state index is 11.8. The van der Waals surface area contributed by atoms with E-state index in [9.17, 15) is 9.59 Å². The molecule has 8 heteroatoms. The zero-order valence-electron chi connectivity index (χ0n) is 12.9. The van der Waals surface area contributed by atoms with Gasteiger partial charge in [-0.05, 0) is 38.1 Å². The van der Waals surface area contributed by atoms with Gasteiger partial charge in [0, 0.05) is 18.3 Å². The smallest absolute Gasteiger partial charge is 0.324 e. The molecule has 0 aliphatic heterocycles. The van der Waals surface area contributed by atoms with Crippen molar-refractivity contribution in [3.63, 3.8) is 0 Å². The van der Waals surface area contributed by atoms with Crippen molar-refractivity contribution < 1.29 is 18.8 Å². The van der Waals surface area contributed by atoms with Crippen LogP contribution >= 0.6 is 0 Å². The van der Waals surface area contributed by atoms with Gasteiger partial charge < -0.3 is 19.9 Å². The van der Waals surface area contributed by atoms with Gasteiger partial charge in [0.1, 0.15) is 11.5 Å². The molecule has 3 N–H and O–H groups in total. The van der Waals surface area contributed by atoms with Crippen molar-refractivity contribution in [1.82, 2.24) is 10.5 Å². The highest BCUT2D eigenvalue weighted by Crippen LogP contribution is 2.16. The Balaban J connectivity index is 1.82. The van der Waals surface area contributed by atoms with Gasteiger partial charge in [-0.25, -0.2) is 4.79 Å². The first-order valence-electron chi connectivity index (χ1n) is 7.07. The quantitative estimate of drug-likeness (QED) is 0.756. The standard InChI is InChI=1S/C15H18N4O4/c1-3-16-14(20)9-22-12-6-4-11(5-7-12)17-15(21)18-13-8-10(2)23-19-13/h4-8H,3,9H2,1-2H3,(H,16,20)(H2,17,18,19,21). The van der Waals surface area contributed by atoms with Crippen molar-refractivity contribution in [2.45, 2.75) is 13.8 Å². The summed E-state index contributed by atoms with van der Waals surface area (Å²) >= 11 is 0. The molecule has 0 bridgehead atoms. The molecule has 0 unspecified atom stereocenters. The van der Waals surface area contributed by atoms with Gasteiger partial charge in [-0.15, -0.1) is 0 Å². The Hall–Kier alpha value is -3.03. The molecule has 1 aromatic carbocycles. The molecule has 8 nitrogen and oxygen atoms in total. The molecule has 0 saturated heterocycles. The van der Waals surface area contributed by atoms with Crippen LogP contribution in [0.5, 0.6) is 5.75 Å². The van der Waals surface area contributed by atoms with Crippen molar-refractivity contribution in [3.8, 4) is 5.75 Å². The summed E-state index contributed by atoms with van der Waals surface area (Å²) in [5, 5.41) is 11.5. The van der Waals surface area contributed by atoms with E-state index in [1.807, 2.05) is 6.92 Å². The molecule has 0 aliphatic carbocycles. The van der Waals surface area contributed by atoms with E-state index in [0.29, 0.717) is 29.6 Å². The number of nitrogens with one attached hydrogen (secondary N) is 3. The van der Waals surface area contributed by atoms with Gasteiger partial charge in [0.2, 0.25) is 0 Å². The Kier molecular flexibility index (Phi) is 5.56. The molecule has 0 fully saturated rings. The first-order chi connectivity index (χ1) is 11.1. The van der Waals surface area contributed by atoms with Crippen molar-refractivity contribution in [2.75, 3.05) is 23.8 Å². The molecule has 2 aromatic rings. The highest BCUT2D eigenvalue weighted by molar-refractivity contribution is 5.99. The second kappa shape index (κ2) is 7.83. The van der Waals surface area contributed by atoms with E-state index in [1.54, 1.807) is 37.3 Å². The molecular formula is C15H18N4O4. The number of aromatic nitrogens is 1. The second-order valence-corrected chi connectivity index (χ2v) is 4.67. The Morgan fingerprint density at radius 2 is 1.96 bits per heavy atom. The van der Waals surface area contributed by atoms with Crippen molar-refractivity contribution in [3.05, 3.63) is 36.1 Å². The molecule has 0 radical (unpaired) electrons. The number of carbonyl (C=O) groups is 2. The summed E-state index contributed by atoms with van der Waals surface area (Å²) in [6, 6.07) is 7.83. The third-order valence-corrected chi connectivity index (χ3v) is 2.73. The minimum Gasteiger partial charge on any atom is -0.484 e. The number of nitrogens with zero attached hydrogens (tertiary/aromatic N) is 1. The van der Waals surface area contributed by atoms with E-state index in [-0.39, 0.29) is 12.5 Å². The lowest BCUT2D eigenvalue weighted by Gasteiger charge is -2.08. The molecule has 2 rings (SSSR count). The Morgan fingerprint density at radius 3 is 2.57 bits per heavy atom.